The number of nitrogens with one attached hydrogen (secondary N) is 1. The predicted octanol–water partition coefficient (Wildman–Crippen LogP) is 3.27. The van der Waals surface area contributed by atoms with E-state index in [2.05, 4.69) is 49.7 Å². The summed E-state index contributed by atoms with van der Waals surface area (Å²) in [5, 5.41) is 3.57. The smallest absolute Gasteiger partial charge is 0.00791 e. The Morgan fingerprint density at radius 3 is 2.56 bits per heavy atom. The molecule has 1 atom stereocenters. The summed E-state index contributed by atoms with van der Waals surface area (Å²) in [6.45, 7) is 5.53. The Balaban J connectivity index is 2.23. The van der Waals surface area contributed by atoms with Gasteiger partial charge < -0.3 is 5.32 Å². The molecule has 1 aromatic rings. The first-order chi connectivity index (χ1) is 7.72. The van der Waals surface area contributed by atoms with Gasteiger partial charge in [0.1, 0.15) is 0 Å². The van der Waals surface area contributed by atoms with Crippen LogP contribution in [-0.4, -0.2) is 24.6 Å². The molecule has 16 heavy (non-hydrogen) atoms. The van der Waals surface area contributed by atoms with Crippen molar-refractivity contribution in [1.29, 1.82) is 0 Å². The highest BCUT2D eigenvalue weighted by molar-refractivity contribution is 7.98. The first-order valence-electron chi connectivity index (χ1n) is 6.00. The van der Waals surface area contributed by atoms with E-state index in [1.165, 1.54) is 23.3 Å². The van der Waals surface area contributed by atoms with Crippen molar-refractivity contribution in [2.75, 3.05) is 18.6 Å². The molecule has 2 heteroatoms. The molecule has 1 nitrogen and oxygen atoms in total. The summed E-state index contributed by atoms with van der Waals surface area (Å²) in [5.74, 6) is 1.25. The zero-order valence-electron chi connectivity index (χ0n) is 10.6. The summed E-state index contributed by atoms with van der Waals surface area (Å²) in [7, 11) is 0. The van der Waals surface area contributed by atoms with Gasteiger partial charge in [-0.2, -0.15) is 11.8 Å². The second-order valence-corrected chi connectivity index (χ2v) is 5.38. The van der Waals surface area contributed by atoms with Gasteiger partial charge >= 0.3 is 0 Å². The molecule has 90 valence electrons. The molecule has 1 rings (SSSR count). The van der Waals surface area contributed by atoms with Crippen molar-refractivity contribution in [3.63, 3.8) is 0 Å². The third kappa shape index (κ3) is 5.57. The molecule has 0 bridgehead atoms. The molecule has 0 fully saturated rings. The number of aryl methyl sites for hydroxylation is 1. The fourth-order valence-electron chi connectivity index (χ4n) is 1.71. The summed E-state index contributed by atoms with van der Waals surface area (Å²) in [4.78, 5) is 0. The summed E-state index contributed by atoms with van der Waals surface area (Å²) < 4.78 is 0. The molecular weight excluding hydrogens is 214 g/mol. The molecular formula is C14H23NS. The number of rotatable bonds is 7. The van der Waals surface area contributed by atoms with Crippen LogP contribution >= 0.6 is 11.8 Å². The van der Waals surface area contributed by atoms with Crippen LogP contribution < -0.4 is 5.32 Å². The van der Waals surface area contributed by atoms with Gasteiger partial charge in [-0.15, -0.1) is 0 Å². The Labute approximate surface area is 104 Å². The normalized spacial score (nSPS) is 12.7. The molecule has 0 heterocycles. The first-order valence-corrected chi connectivity index (χ1v) is 7.39. The lowest BCUT2D eigenvalue weighted by molar-refractivity contribution is 0.545. The molecule has 1 N–H and O–H groups in total. The molecule has 1 aromatic carbocycles. The minimum Gasteiger partial charge on any atom is -0.314 e. The third-order valence-electron chi connectivity index (χ3n) is 2.68. The fourth-order valence-corrected chi connectivity index (χ4v) is 2.15. The van der Waals surface area contributed by atoms with Crippen LogP contribution in [0, 0.1) is 6.92 Å². The maximum absolute atomic E-state index is 3.57. The van der Waals surface area contributed by atoms with E-state index < -0.39 is 0 Å². The van der Waals surface area contributed by atoms with Gasteiger partial charge in [-0.1, -0.05) is 29.8 Å². The van der Waals surface area contributed by atoms with E-state index in [-0.39, 0.29) is 0 Å². The van der Waals surface area contributed by atoms with Crippen LogP contribution in [0.5, 0.6) is 0 Å². The molecule has 1 unspecified atom stereocenters. The summed E-state index contributed by atoms with van der Waals surface area (Å²) in [6, 6.07) is 9.42. The predicted molar refractivity (Wildman–Crippen MR) is 75.3 cm³/mol. The molecule has 0 aliphatic carbocycles. The van der Waals surface area contributed by atoms with E-state index in [1.54, 1.807) is 0 Å². The molecule has 0 aliphatic rings. The van der Waals surface area contributed by atoms with Crippen LogP contribution in [0.4, 0.5) is 0 Å². The molecule has 0 saturated carbocycles. The maximum Gasteiger partial charge on any atom is 0.00791 e. The van der Waals surface area contributed by atoms with Crippen molar-refractivity contribution in [2.45, 2.75) is 32.7 Å². The second-order valence-electron chi connectivity index (χ2n) is 4.39. The van der Waals surface area contributed by atoms with Gasteiger partial charge in [0.25, 0.3) is 0 Å². The highest BCUT2D eigenvalue weighted by atomic mass is 32.2. The van der Waals surface area contributed by atoms with Crippen molar-refractivity contribution in [2.24, 2.45) is 0 Å². The van der Waals surface area contributed by atoms with Crippen LogP contribution in [0.15, 0.2) is 24.3 Å². The van der Waals surface area contributed by atoms with E-state index in [0.717, 1.165) is 13.0 Å². The highest BCUT2D eigenvalue weighted by Crippen LogP contribution is 2.06. The van der Waals surface area contributed by atoms with Crippen molar-refractivity contribution < 1.29 is 0 Å². The van der Waals surface area contributed by atoms with Crippen molar-refractivity contribution in [3.8, 4) is 0 Å². The van der Waals surface area contributed by atoms with E-state index in [1.807, 2.05) is 11.8 Å². The first kappa shape index (κ1) is 13.6. The maximum atomic E-state index is 3.57. The van der Waals surface area contributed by atoms with Crippen LogP contribution in [0.3, 0.4) is 0 Å². The lowest BCUT2D eigenvalue weighted by atomic mass is 10.1. The fraction of sp³-hybridized carbons (Fsp3) is 0.571. The largest absolute Gasteiger partial charge is 0.314 e. The minimum absolute atomic E-state index is 0.574. The molecule has 0 aromatic heterocycles. The number of benzene rings is 1. The third-order valence-corrected chi connectivity index (χ3v) is 3.38. The van der Waals surface area contributed by atoms with Gasteiger partial charge in [-0.3, -0.25) is 0 Å². The Morgan fingerprint density at radius 2 is 1.94 bits per heavy atom. The molecule has 0 radical (unpaired) electrons. The van der Waals surface area contributed by atoms with Gasteiger partial charge in [0.05, 0.1) is 0 Å². The van der Waals surface area contributed by atoms with Gasteiger partial charge in [-0.25, -0.2) is 0 Å². The van der Waals surface area contributed by atoms with Gasteiger partial charge in [-0.05, 0) is 50.8 Å². The Bertz CT molecular complexity index is 281. The lowest BCUT2D eigenvalue weighted by Crippen LogP contribution is -2.29. The quantitative estimate of drug-likeness (QED) is 0.731. The summed E-state index contributed by atoms with van der Waals surface area (Å²) >= 11 is 1.92. The Kier molecular flexibility index (Phi) is 6.58. The van der Waals surface area contributed by atoms with Gasteiger partial charge in [0, 0.05) is 6.04 Å². The topological polar surface area (TPSA) is 12.0 Å². The monoisotopic (exact) mass is 237 g/mol. The SMILES string of the molecule is CSCCCNC(C)Cc1ccc(C)cc1. The second kappa shape index (κ2) is 7.75. The highest BCUT2D eigenvalue weighted by Gasteiger charge is 2.02. The van der Waals surface area contributed by atoms with E-state index in [4.69, 9.17) is 0 Å². The van der Waals surface area contributed by atoms with Crippen molar-refractivity contribution >= 4 is 11.8 Å². The van der Waals surface area contributed by atoms with Crippen LogP contribution in [-0.2, 0) is 6.42 Å². The summed E-state index contributed by atoms with van der Waals surface area (Å²) in [6.07, 6.45) is 4.55. The Morgan fingerprint density at radius 1 is 1.25 bits per heavy atom. The van der Waals surface area contributed by atoms with Gasteiger partial charge in [0.15, 0.2) is 0 Å². The van der Waals surface area contributed by atoms with Gasteiger partial charge in [0.2, 0.25) is 0 Å². The number of hydrogen-bond acceptors (Lipinski definition) is 2. The lowest BCUT2D eigenvalue weighted by Gasteiger charge is -2.13. The molecule has 0 amide bonds. The number of thioether (sulfide) groups is 1. The van der Waals surface area contributed by atoms with Crippen LogP contribution in [0.25, 0.3) is 0 Å². The standard InChI is InChI=1S/C14H23NS/c1-12-5-7-14(8-6-12)11-13(2)15-9-4-10-16-3/h5-8,13,15H,4,9-11H2,1-3H3. The average molecular weight is 237 g/mol. The van der Waals surface area contributed by atoms with E-state index in [0.29, 0.717) is 6.04 Å². The number of hydrogen-bond donors (Lipinski definition) is 1. The average Bonchev–Trinajstić information content (AvgIpc) is 2.28. The minimum atomic E-state index is 0.574. The molecule has 0 spiro atoms. The zero-order chi connectivity index (χ0) is 11.8. The zero-order valence-corrected chi connectivity index (χ0v) is 11.4. The molecule has 0 saturated heterocycles. The molecule has 0 aliphatic heterocycles. The van der Waals surface area contributed by atoms with Crippen molar-refractivity contribution in [1.82, 2.24) is 5.32 Å². The summed E-state index contributed by atoms with van der Waals surface area (Å²) in [5.41, 5.74) is 2.76. The van der Waals surface area contributed by atoms with Crippen LogP contribution in [0.2, 0.25) is 0 Å². The Hall–Kier alpha value is -0.470. The van der Waals surface area contributed by atoms with E-state index >= 15 is 0 Å². The van der Waals surface area contributed by atoms with Crippen molar-refractivity contribution in [3.05, 3.63) is 35.4 Å². The van der Waals surface area contributed by atoms with E-state index in [9.17, 15) is 0 Å². The van der Waals surface area contributed by atoms with Crippen LogP contribution in [0.1, 0.15) is 24.5 Å².